The van der Waals surface area contributed by atoms with E-state index in [1.807, 2.05) is 0 Å². The smallest absolute Gasteiger partial charge is 0.326 e. The van der Waals surface area contributed by atoms with E-state index in [9.17, 15) is 18.0 Å². The zero-order valence-corrected chi connectivity index (χ0v) is 12.7. The third-order valence-corrected chi connectivity index (χ3v) is 3.26. The van der Waals surface area contributed by atoms with Crippen molar-refractivity contribution < 1.29 is 18.0 Å². The fourth-order valence-corrected chi connectivity index (χ4v) is 1.79. The van der Waals surface area contributed by atoms with Gasteiger partial charge in [0.15, 0.2) is 0 Å². The van der Waals surface area contributed by atoms with Gasteiger partial charge in [-0.25, -0.2) is 0 Å². The molecule has 1 rings (SSSR count). The number of carbonyl (C=O) groups is 1. The first-order chi connectivity index (χ1) is 8.99. The van der Waals surface area contributed by atoms with E-state index in [2.05, 4.69) is 21.2 Å². The van der Waals surface area contributed by atoms with Crippen LogP contribution in [0.2, 0.25) is 0 Å². The third kappa shape index (κ3) is 5.50. The van der Waals surface area contributed by atoms with Gasteiger partial charge in [0.2, 0.25) is 5.91 Å². The number of halogens is 4. The lowest BCUT2D eigenvalue weighted by molar-refractivity contribution is -0.137. The van der Waals surface area contributed by atoms with Gasteiger partial charge in [0.05, 0.1) is 11.3 Å². The highest BCUT2D eigenvalue weighted by atomic mass is 79.9. The molecular formula is C13H16BrF3N2O. The Morgan fingerprint density at radius 1 is 1.35 bits per heavy atom. The van der Waals surface area contributed by atoms with E-state index in [0.717, 1.165) is 12.1 Å². The van der Waals surface area contributed by atoms with Gasteiger partial charge in [-0.1, -0.05) is 0 Å². The summed E-state index contributed by atoms with van der Waals surface area (Å²) in [6.45, 7) is 3.56. The molecule has 0 fully saturated rings. The average Bonchev–Trinajstić information content (AvgIpc) is 2.27. The maximum Gasteiger partial charge on any atom is 0.416 e. The predicted octanol–water partition coefficient (Wildman–Crippen LogP) is 3.92. The van der Waals surface area contributed by atoms with Crippen LogP contribution in [0.4, 0.5) is 18.9 Å². The van der Waals surface area contributed by atoms with Crippen molar-refractivity contribution in [2.45, 2.75) is 38.4 Å². The number of rotatable bonds is 4. The van der Waals surface area contributed by atoms with Crippen LogP contribution in [0.3, 0.4) is 0 Å². The standard InChI is InChI=1S/C13H16BrF3N2O/c1-12(2,18)6-5-11(20)19-10-7-8(13(15,16)17)3-4-9(10)14/h3-4,7H,5-6,18H2,1-2H3,(H,19,20). The van der Waals surface area contributed by atoms with Gasteiger partial charge in [-0.15, -0.1) is 0 Å². The number of amides is 1. The van der Waals surface area contributed by atoms with Crippen LogP contribution >= 0.6 is 15.9 Å². The van der Waals surface area contributed by atoms with E-state index in [4.69, 9.17) is 5.73 Å². The van der Waals surface area contributed by atoms with Gasteiger partial charge < -0.3 is 11.1 Å². The largest absolute Gasteiger partial charge is 0.416 e. The van der Waals surface area contributed by atoms with Crippen molar-refractivity contribution in [2.24, 2.45) is 5.73 Å². The monoisotopic (exact) mass is 352 g/mol. The van der Waals surface area contributed by atoms with Crippen molar-refractivity contribution in [2.75, 3.05) is 5.32 Å². The molecule has 0 aliphatic heterocycles. The Morgan fingerprint density at radius 2 is 1.95 bits per heavy atom. The number of benzene rings is 1. The molecule has 0 saturated carbocycles. The van der Waals surface area contributed by atoms with E-state index in [0.29, 0.717) is 10.9 Å². The maximum atomic E-state index is 12.6. The van der Waals surface area contributed by atoms with Crippen molar-refractivity contribution in [1.82, 2.24) is 0 Å². The zero-order chi connectivity index (χ0) is 15.6. The molecule has 0 atom stereocenters. The zero-order valence-electron chi connectivity index (χ0n) is 11.1. The Balaban J connectivity index is 2.79. The van der Waals surface area contributed by atoms with Crippen molar-refractivity contribution in [3.63, 3.8) is 0 Å². The molecule has 0 aliphatic rings. The normalized spacial score (nSPS) is 12.3. The lowest BCUT2D eigenvalue weighted by Crippen LogP contribution is -2.33. The molecule has 0 bridgehead atoms. The van der Waals surface area contributed by atoms with Gasteiger partial charge in [0.25, 0.3) is 0 Å². The molecule has 7 heteroatoms. The van der Waals surface area contributed by atoms with Crippen LogP contribution in [0, 0.1) is 0 Å². The molecule has 0 aliphatic carbocycles. The molecular weight excluding hydrogens is 337 g/mol. The van der Waals surface area contributed by atoms with Crippen molar-refractivity contribution in [1.29, 1.82) is 0 Å². The van der Waals surface area contributed by atoms with Crippen molar-refractivity contribution >= 4 is 27.5 Å². The molecule has 0 saturated heterocycles. The lowest BCUT2D eigenvalue weighted by Gasteiger charge is -2.18. The van der Waals surface area contributed by atoms with Crippen LogP contribution in [0.25, 0.3) is 0 Å². The fraction of sp³-hybridized carbons (Fsp3) is 0.462. The van der Waals surface area contributed by atoms with Crippen molar-refractivity contribution in [3.8, 4) is 0 Å². The summed E-state index contributed by atoms with van der Waals surface area (Å²) >= 11 is 3.11. The first kappa shape index (κ1) is 17.0. The Kier molecular flexibility index (Phi) is 5.21. The molecule has 0 spiro atoms. The summed E-state index contributed by atoms with van der Waals surface area (Å²) in [6, 6.07) is 3.10. The maximum absolute atomic E-state index is 12.6. The van der Waals surface area contributed by atoms with Crippen LogP contribution in [-0.4, -0.2) is 11.4 Å². The minimum absolute atomic E-state index is 0.0969. The lowest BCUT2D eigenvalue weighted by atomic mass is 10.00. The van der Waals surface area contributed by atoms with Gasteiger partial charge in [-0.05, 0) is 54.4 Å². The van der Waals surface area contributed by atoms with Gasteiger partial charge in [0, 0.05) is 16.4 Å². The SMILES string of the molecule is CC(C)(N)CCC(=O)Nc1cc(C(F)(F)F)ccc1Br. The highest BCUT2D eigenvalue weighted by Crippen LogP contribution is 2.34. The molecule has 3 N–H and O–H groups in total. The van der Waals surface area contributed by atoms with E-state index < -0.39 is 17.3 Å². The summed E-state index contributed by atoms with van der Waals surface area (Å²) in [7, 11) is 0. The Morgan fingerprint density at radius 3 is 2.45 bits per heavy atom. The van der Waals surface area contributed by atoms with Crippen LogP contribution in [-0.2, 0) is 11.0 Å². The van der Waals surface area contributed by atoms with E-state index in [1.165, 1.54) is 6.07 Å². The first-order valence-electron chi connectivity index (χ1n) is 5.94. The highest BCUT2D eigenvalue weighted by Gasteiger charge is 2.31. The third-order valence-electron chi connectivity index (χ3n) is 2.56. The predicted molar refractivity (Wildman–Crippen MR) is 75.3 cm³/mol. The second-order valence-electron chi connectivity index (χ2n) is 5.23. The summed E-state index contributed by atoms with van der Waals surface area (Å²) in [4.78, 5) is 11.7. The quantitative estimate of drug-likeness (QED) is 0.862. The molecule has 0 aromatic heterocycles. The number of hydrogen-bond acceptors (Lipinski definition) is 2. The molecule has 1 amide bonds. The summed E-state index contributed by atoms with van der Waals surface area (Å²) in [5.41, 5.74) is 4.54. The molecule has 0 unspecified atom stereocenters. The number of nitrogens with two attached hydrogens (primary N) is 1. The summed E-state index contributed by atoms with van der Waals surface area (Å²) in [5, 5.41) is 2.45. The van der Waals surface area contributed by atoms with Crippen molar-refractivity contribution in [3.05, 3.63) is 28.2 Å². The van der Waals surface area contributed by atoms with Gasteiger partial charge in [0.1, 0.15) is 0 Å². The van der Waals surface area contributed by atoms with Gasteiger partial charge in [-0.2, -0.15) is 13.2 Å². The molecule has 20 heavy (non-hydrogen) atoms. The van der Waals surface area contributed by atoms with Gasteiger partial charge in [-0.3, -0.25) is 4.79 Å². The fourth-order valence-electron chi connectivity index (χ4n) is 1.45. The van der Waals surface area contributed by atoms with Crippen LogP contribution in [0.1, 0.15) is 32.3 Å². The first-order valence-corrected chi connectivity index (χ1v) is 6.74. The van der Waals surface area contributed by atoms with Crippen LogP contribution in [0.15, 0.2) is 22.7 Å². The van der Waals surface area contributed by atoms with Crippen LogP contribution < -0.4 is 11.1 Å². The molecule has 0 heterocycles. The number of alkyl halides is 3. The average molecular weight is 353 g/mol. The van der Waals surface area contributed by atoms with E-state index >= 15 is 0 Å². The summed E-state index contributed by atoms with van der Waals surface area (Å²) in [5.74, 6) is -0.372. The summed E-state index contributed by atoms with van der Waals surface area (Å²) < 4.78 is 38.2. The number of hydrogen-bond donors (Lipinski definition) is 2. The second-order valence-corrected chi connectivity index (χ2v) is 6.08. The van der Waals surface area contributed by atoms with Gasteiger partial charge >= 0.3 is 6.18 Å². The van der Waals surface area contributed by atoms with E-state index in [1.54, 1.807) is 13.8 Å². The Hall–Kier alpha value is -1.08. The number of carbonyl (C=O) groups excluding carboxylic acids is 1. The highest BCUT2D eigenvalue weighted by molar-refractivity contribution is 9.10. The molecule has 112 valence electrons. The van der Waals surface area contributed by atoms with E-state index in [-0.39, 0.29) is 18.0 Å². The second kappa shape index (κ2) is 6.13. The molecule has 1 aromatic carbocycles. The number of nitrogens with one attached hydrogen (secondary N) is 1. The Labute approximate surface area is 123 Å². The molecule has 1 aromatic rings. The number of anilines is 1. The Bertz CT molecular complexity index is 495. The van der Waals surface area contributed by atoms with Crippen LogP contribution in [0.5, 0.6) is 0 Å². The molecule has 0 radical (unpaired) electrons. The minimum atomic E-state index is -4.45. The topological polar surface area (TPSA) is 55.1 Å². The summed E-state index contributed by atoms with van der Waals surface area (Å²) in [6.07, 6.45) is -3.86. The molecule has 3 nitrogen and oxygen atoms in total. The minimum Gasteiger partial charge on any atom is -0.326 e.